The second kappa shape index (κ2) is 7.99. The van der Waals surface area contributed by atoms with E-state index in [9.17, 15) is 13.6 Å². The van der Waals surface area contributed by atoms with Crippen LogP contribution in [-0.2, 0) is 15.3 Å². The Bertz CT molecular complexity index is 413. The van der Waals surface area contributed by atoms with Gasteiger partial charge in [-0.2, -0.15) is 20.5 Å². The number of para-hydroxylation sites is 1. The van der Waals surface area contributed by atoms with Crippen LogP contribution in [0.15, 0.2) is 24.3 Å². The van der Waals surface area contributed by atoms with Crippen LogP contribution < -0.4 is 4.74 Å². The first-order valence-electron chi connectivity index (χ1n) is 5.74. The highest BCUT2D eigenvalue weighted by atomic mass is 32.2. The van der Waals surface area contributed by atoms with Gasteiger partial charge in [0.2, 0.25) is 0 Å². The van der Waals surface area contributed by atoms with Gasteiger partial charge >= 0.3 is 12.6 Å². The highest BCUT2D eigenvalue weighted by Crippen LogP contribution is 2.27. The number of thioether (sulfide) groups is 1. The molecule has 1 atom stereocenters. The molecule has 0 aromatic heterocycles. The van der Waals surface area contributed by atoms with Crippen LogP contribution in [0.3, 0.4) is 0 Å². The lowest BCUT2D eigenvalue weighted by Crippen LogP contribution is -2.09. The second-order valence-corrected chi connectivity index (χ2v) is 5.31. The SMILES string of the molecule is COC(=O)CC(C)SCc1ccccc1OC(F)F. The third-order valence-corrected chi connectivity index (χ3v) is 3.61. The van der Waals surface area contributed by atoms with E-state index in [-0.39, 0.29) is 17.0 Å². The Morgan fingerprint density at radius 2 is 2.05 bits per heavy atom. The van der Waals surface area contributed by atoms with E-state index < -0.39 is 6.61 Å². The number of rotatable bonds is 7. The molecule has 0 N–H and O–H groups in total. The fourth-order valence-corrected chi connectivity index (χ4v) is 2.40. The zero-order valence-electron chi connectivity index (χ0n) is 10.8. The van der Waals surface area contributed by atoms with Crippen LogP contribution in [0.2, 0.25) is 0 Å². The number of benzene rings is 1. The van der Waals surface area contributed by atoms with Gasteiger partial charge in [-0.1, -0.05) is 25.1 Å². The van der Waals surface area contributed by atoms with E-state index in [1.54, 1.807) is 18.2 Å². The lowest BCUT2D eigenvalue weighted by atomic mass is 10.2. The average Bonchev–Trinajstić information content (AvgIpc) is 2.37. The summed E-state index contributed by atoms with van der Waals surface area (Å²) >= 11 is 1.49. The van der Waals surface area contributed by atoms with Crippen molar-refractivity contribution in [2.45, 2.75) is 31.0 Å². The van der Waals surface area contributed by atoms with Gasteiger partial charge < -0.3 is 9.47 Å². The molecule has 0 radical (unpaired) electrons. The van der Waals surface area contributed by atoms with Gasteiger partial charge in [0.1, 0.15) is 5.75 Å². The molecule has 0 heterocycles. The molecule has 0 amide bonds. The average molecular weight is 290 g/mol. The van der Waals surface area contributed by atoms with Crippen LogP contribution in [-0.4, -0.2) is 24.9 Å². The van der Waals surface area contributed by atoms with E-state index in [1.807, 2.05) is 6.92 Å². The largest absolute Gasteiger partial charge is 0.469 e. The van der Waals surface area contributed by atoms with Crippen LogP contribution >= 0.6 is 11.8 Å². The van der Waals surface area contributed by atoms with E-state index in [1.165, 1.54) is 24.9 Å². The number of methoxy groups -OCH3 is 1. The lowest BCUT2D eigenvalue weighted by Gasteiger charge is -2.13. The molecule has 1 aromatic carbocycles. The minimum atomic E-state index is -2.83. The molecule has 1 unspecified atom stereocenters. The summed E-state index contributed by atoms with van der Waals surface area (Å²) < 4.78 is 33.5. The van der Waals surface area contributed by atoms with Crippen molar-refractivity contribution < 1.29 is 23.0 Å². The Morgan fingerprint density at radius 1 is 1.37 bits per heavy atom. The van der Waals surface area contributed by atoms with Crippen molar-refractivity contribution in [3.05, 3.63) is 29.8 Å². The van der Waals surface area contributed by atoms with Gasteiger partial charge in [-0.15, -0.1) is 0 Å². The molecule has 0 saturated heterocycles. The standard InChI is InChI=1S/C13H16F2O3S/c1-9(7-12(16)17-2)19-8-10-5-3-4-6-11(10)18-13(14)15/h3-6,9,13H,7-8H2,1-2H3. The Labute approximate surface area is 115 Å². The predicted molar refractivity (Wildman–Crippen MR) is 70.5 cm³/mol. The van der Waals surface area contributed by atoms with E-state index >= 15 is 0 Å². The number of carbonyl (C=O) groups excluding carboxylic acids is 1. The van der Waals surface area contributed by atoms with E-state index in [0.717, 1.165) is 0 Å². The smallest absolute Gasteiger partial charge is 0.387 e. The third-order valence-electron chi connectivity index (χ3n) is 2.39. The monoisotopic (exact) mass is 290 g/mol. The second-order valence-electron chi connectivity index (χ2n) is 3.89. The summed E-state index contributed by atoms with van der Waals surface area (Å²) in [4.78, 5) is 11.1. The maximum atomic E-state index is 12.2. The topological polar surface area (TPSA) is 35.5 Å². The minimum absolute atomic E-state index is 0.0482. The highest BCUT2D eigenvalue weighted by molar-refractivity contribution is 7.99. The number of hydrogen-bond acceptors (Lipinski definition) is 4. The van der Waals surface area contributed by atoms with Gasteiger partial charge in [-0.3, -0.25) is 4.79 Å². The van der Waals surface area contributed by atoms with Gasteiger partial charge in [0.15, 0.2) is 0 Å². The van der Waals surface area contributed by atoms with Crippen molar-refractivity contribution in [3.8, 4) is 5.75 Å². The first kappa shape index (κ1) is 15.8. The van der Waals surface area contributed by atoms with Crippen LogP contribution in [0.1, 0.15) is 18.9 Å². The van der Waals surface area contributed by atoms with Gasteiger partial charge in [0.25, 0.3) is 0 Å². The summed E-state index contributed by atoms with van der Waals surface area (Å²) in [6.45, 7) is -0.948. The summed E-state index contributed by atoms with van der Waals surface area (Å²) in [5, 5.41) is 0.0482. The molecule has 0 saturated carbocycles. The fourth-order valence-electron chi connectivity index (χ4n) is 1.44. The number of alkyl halides is 2. The van der Waals surface area contributed by atoms with Gasteiger partial charge in [0, 0.05) is 16.6 Å². The first-order chi connectivity index (χ1) is 9.02. The predicted octanol–water partition coefficient (Wildman–Crippen LogP) is 3.47. The summed E-state index contributed by atoms with van der Waals surface area (Å²) in [6.07, 6.45) is 0.291. The van der Waals surface area contributed by atoms with E-state index in [4.69, 9.17) is 0 Å². The van der Waals surface area contributed by atoms with Crippen molar-refractivity contribution in [3.63, 3.8) is 0 Å². The number of ether oxygens (including phenoxy) is 2. The van der Waals surface area contributed by atoms with E-state index in [0.29, 0.717) is 17.7 Å². The molecule has 0 aliphatic rings. The molecule has 0 fully saturated rings. The van der Waals surface area contributed by atoms with Crippen LogP contribution in [0, 0.1) is 0 Å². The van der Waals surface area contributed by atoms with Gasteiger partial charge in [-0.05, 0) is 6.07 Å². The Kier molecular flexibility index (Phi) is 6.62. The molecule has 19 heavy (non-hydrogen) atoms. The minimum Gasteiger partial charge on any atom is -0.469 e. The molecule has 0 bridgehead atoms. The molecular formula is C13H16F2O3S. The molecule has 0 aliphatic carbocycles. The van der Waals surface area contributed by atoms with Crippen molar-refractivity contribution in [1.29, 1.82) is 0 Å². The van der Waals surface area contributed by atoms with Gasteiger partial charge in [-0.25, -0.2) is 0 Å². The Hall–Kier alpha value is -1.30. The Morgan fingerprint density at radius 3 is 2.68 bits per heavy atom. The van der Waals surface area contributed by atoms with Crippen LogP contribution in [0.4, 0.5) is 8.78 Å². The maximum absolute atomic E-state index is 12.2. The molecule has 3 nitrogen and oxygen atoms in total. The summed E-state index contributed by atoms with van der Waals surface area (Å²) in [5.41, 5.74) is 0.685. The zero-order chi connectivity index (χ0) is 14.3. The third kappa shape index (κ3) is 5.92. The van der Waals surface area contributed by atoms with Gasteiger partial charge in [0.05, 0.1) is 13.5 Å². The molecule has 6 heteroatoms. The summed E-state index contributed by atoms with van der Waals surface area (Å²) in [7, 11) is 1.34. The van der Waals surface area contributed by atoms with Crippen molar-refractivity contribution >= 4 is 17.7 Å². The summed E-state index contributed by atoms with van der Waals surface area (Å²) in [6, 6.07) is 6.64. The fraction of sp³-hybridized carbons (Fsp3) is 0.462. The molecule has 106 valence electrons. The summed E-state index contributed by atoms with van der Waals surface area (Å²) in [5.74, 6) is 0.397. The number of hydrogen-bond donors (Lipinski definition) is 0. The van der Waals surface area contributed by atoms with Crippen molar-refractivity contribution in [2.75, 3.05) is 7.11 Å². The Balaban J connectivity index is 2.54. The van der Waals surface area contributed by atoms with Crippen molar-refractivity contribution in [2.24, 2.45) is 0 Å². The first-order valence-corrected chi connectivity index (χ1v) is 6.79. The number of carbonyl (C=O) groups is 1. The normalized spacial score (nSPS) is 12.3. The molecule has 1 aromatic rings. The lowest BCUT2D eigenvalue weighted by molar-refractivity contribution is -0.140. The number of esters is 1. The number of halogens is 2. The maximum Gasteiger partial charge on any atom is 0.387 e. The molecular weight excluding hydrogens is 274 g/mol. The van der Waals surface area contributed by atoms with Crippen LogP contribution in [0.5, 0.6) is 5.75 Å². The highest BCUT2D eigenvalue weighted by Gasteiger charge is 2.13. The van der Waals surface area contributed by atoms with E-state index in [2.05, 4.69) is 9.47 Å². The quantitative estimate of drug-likeness (QED) is 0.720. The zero-order valence-corrected chi connectivity index (χ0v) is 11.6. The van der Waals surface area contributed by atoms with Crippen molar-refractivity contribution in [1.82, 2.24) is 0 Å². The molecule has 0 spiro atoms. The molecule has 0 aliphatic heterocycles. The van der Waals surface area contributed by atoms with Crippen LogP contribution in [0.25, 0.3) is 0 Å². The molecule has 1 rings (SSSR count).